The first-order valence-electron chi connectivity index (χ1n) is 7.13. The molecule has 0 fully saturated rings. The lowest BCUT2D eigenvalue weighted by atomic mass is 10.2. The molecule has 0 aliphatic carbocycles. The molecule has 1 N–H and O–H groups in total. The van der Waals surface area contributed by atoms with Gasteiger partial charge >= 0.3 is 5.69 Å². The standard InChI is InChI=1S/C16H13I2N3O5/c1-25-16-10(6-11(17)7-12(16)18)8-19-20-15(22)9-26-14-5-3-2-4-13(14)21(23)24/h2-8H,9H2,1H3,(H,20,22)/b19-8+. The minimum atomic E-state index is -0.573. The van der Waals surface area contributed by atoms with E-state index < -0.39 is 17.4 Å². The molecule has 0 aromatic heterocycles. The Hall–Kier alpha value is -1.96. The van der Waals surface area contributed by atoms with Gasteiger partial charge in [-0.25, -0.2) is 5.43 Å². The molecule has 0 aliphatic rings. The van der Waals surface area contributed by atoms with Crippen LogP contribution in [0.15, 0.2) is 41.5 Å². The summed E-state index contributed by atoms with van der Waals surface area (Å²) in [4.78, 5) is 22.1. The number of para-hydroxylation sites is 2. The molecule has 136 valence electrons. The number of hydrazone groups is 1. The fourth-order valence-electron chi connectivity index (χ4n) is 1.97. The maximum absolute atomic E-state index is 11.8. The van der Waals surface area contributed by atoms with Crippen LogP contribution in [0, 0.1) is 17.3 Å². The molecule has 10 heteroatoms. The Labute approximate surface area is 176 Å². The van der Waals surface area contributed by atoms with Crippen LogP contribution in [0.25, 0.3) is 0 Å². The predicted molar refractivity (Wildman–Crippen MR) is 113 cm³/mol. The van der Waals surface area contributed by atoms with Crippen molar-refractivity contribution >= 4 is 63.0 Å². The van der Waals surface area contributed by atoms with Crippen LogP contribution >= 0.6 is 45.2 Å². The number of methoxy groups -OCH3 is 1. The van der Waals surface area contributed by atoms with Crippen molar-refractivity contribution in [2.45, 2.75) is 0 Å². The molecular weight excluding hydrogens is 568 g/mol. The molecule has 0 atom stereocenters. The lowest BCUT2D eigenvalue weighted by Gasteiger charge is -2.08. The Morgan fingerprint density at radius 2 is 2.08 bits per heavy atom. The van der Waals surface area contributed by atoms with Gasteiger partial charge in [0.2, 0.25) is 0 Å². The first-order valence-corrected chi connectivity index (χ1v) is 9.29. The summed E-state index contributed by atoms with van der Waals surface area (Å²) in [7, 11) is 1.56. The summed E-state index contributed by atoms with van der Waals surface area (Å²) >= 11 is 4.32. The third-order valence-electron chi connectivity index (χ3n) is 3.05. The number of hydrogen-bond donors (Lipinski definition) is 1. The van der Waals surface area contributed by atoms with Crippen molar-refractivity contribution in [3.05, 3.63) is 59.2 Å². The number of benzene rings is 2. The normalized spacial score (nSPS) is 10.6. The molecule has 0 saturated heterocycles. The average Bonchev–Trinajstić information content (AvgIpc) is 2.59. The summed E-state index contributed by atoms with van der Waals surface area (Å²) in [5, 5.41) is 14.8. The van der Waals surface area contributed by atoms with Crippen LogP contribution in [0.1, 0.15) is 5.56 Å². The fourth-order valence-corrected chi connectivity index (χ4v) is 4.08. The smallest absolute Gasteiger partial charge is 0.310 e. The van der Waals surface area contributed by atoms with Crippen molar-refractivity contribution in [2.75, 3.05) is 13.7 Å². The highest BCUT2D eigenvalue weighted by molar-refractivity contribution is 14.1. The number of ether oxygens (including phenoxy) is 2. The van der Waals surface area contributed by atoms with Crippen molar-refractivity contribution < 1.29 is 19.2 Å². The zero-order valence-corrected chi connectivity index (χ0v) is 17.8. The molecule has 0 bridgehead atoms. The van der Waals surface area contributed by atoms with Crippen LogP contribution in [-0.2, 0) is 4.79 Å². The molecule has 0 aliphatic heterocycles. The van der Waals surface area contributed by atoms with Crippen molar-refractivity contribution in [3.8, 4) is 11.5 Å². The minimum Gasteiger partial charge on any atom is -0.495 e. The molecular formula is C16H13I2N3O5. The molecule has 2 rings (SSSR count). The largest absolute Gasteiger partial charge is 0.495 e. The van der Waals surface area contributed by atoms with Crippen LogP contribution in [0.4, 0.5) is 5.69 Å². The number of nitrogens with zero attached hydrogens (tertiary/aromatic N) is 2. The summed E-state index contributed by atoms with van der Waals surface area (Å²) in [6, 6.07) is 9.65. The van der Waals surface area contributed by atoms with E-state index in [0.717, 1.165) is 7.14 Å². The van der Waals surface area contributed by atoms with E-state index in [2.05, 4.69) is 55.7 Å². The highest BCUT2D eigenvalue weighted by Crippen LogP contribution is 2.27. The molecule has 26 heavy (non-hydrogen) atoms. The molecule has 0 saturated carbocycles. The van der Waals surface area contributed by atoms with E-state index >= 15 is 0 Å². The zero-order valence-electron chi connectivity index (χ0n) is 13.4. The van der Waals surface area contributed by atoms with Gasteiger partial charge in [-0.15, -0.1) is 0 Å². The molecule has 2 aromatic carbocycles. The molecule has 1 amide bonds. The monoisotopic (exact) mass is 581 g/mol. The second kappa shape index (κ2) is 9.66. The number of nitrogens with one attached hydrogen (secondary N) is 1. The lowest BCUT2D eigenvalue weighted by molar-refractivity contribution is -0.385. The highest BCUT2D eigenvalue weighted by atomic mass is 127. The highest BCUT2D eigenvalue weighted by Gasteiger charge is 2.14. The third kappa shape index (κ3) is 5.52. The Morgan fingerprint density at radius 3 is 2.77 bits per heavy atom. The Morgan fingerprint density at radius 1 is 1.35 bits per heavy atom. The number of amides is 1. The molecule has 8 nitrogen and oxygen atoms in total. The number of carbonyl (C=O) groups is 1. The summed E-state index contributed by atoms with van der Waals surface area (Å²) in [6.45, 7) is -0.400. The van der Waals surface area contributed by atoms with Gasteiger partial charge < -0.3 is 9.47 Å². The SMILES string of the molecule is COc1c(I)cc(I)cc1/C=N/NC(=O)COc1ccccc1[N+](=O)[O-]. The first-order chi connectivity index (χ1) is 12.4. The van der Waals surface area contributed by atoms with Gasteiger partial charge in [-0.3, -0.25) is 14.9 Å². The van der Waals surface area contributed by atoms with Crippen LogP contribution in [0.2, 0.25) is 0 Å². The number of nitro benzene ring substituents is 1. The number of halogens is 2. The molecule has 0 heterocycles. The van der Waals surface area contributed by atoms with Gasteiger partial charge in [-0.05, 0) is 63.4 Å². The van der Waals surface area contributed by atoms with E-state index in [-0.39, 0.29) is 11.4 Å². The molecule has 0 unspecified atom stereocenters. The predicted octanol–water partition coefficient (Wildman–Crippen LogP) is 3.34. The number of rotatable bonds is 7. The van der Waals surface area contributed by atoms with Crippen LogP contribution in [0.3, 0.4) is 0 Å². The van der Waals surface area contributed by atoms with Gasteiger partial charge in [0.05, 0.1) is 21.8 Å². The van der Waals surface area contributed by atoms with Crippen LogP contribution in [-0.4, -0.2) is 30.8 Å². The zero-order chi connectivity index (χ0) is 19.1. The maximum Gasteiger partial charge on any atom is 0.310 e. The molecule has 0 radical (unpaired) electrons. The van der Waals surface area contributed by atoms with Crippen molar-refractivity contribution in [1.82, 2.24) is 5.43 Å². The maximum atomic E-state index is 11.8. The van der Waals surface area contributed by atoms with E-state index in [1.54, 1.807) is 13.2 Å². The first kappa shape index (κ1) is 20.4. The lowest BCUT2D eigenvalue weighted by Crippen LogP contribution is -2.24. The van der Waals surface area contributed by atoms with Crippen molar-refractivity contribution in [2.24, 2.45) is 5.10 Å². The molecule has 0 spiro atoms. The second-order valence-corrected chi connectivity index (χ2v) is 7.22. The van der Waals surface area contributed by atoms with Gasteiger partial charge in [0, 0.05) is 15.2 Å². The van der Waals surface area contributed by atoms with Crippen LogP contribution in [0.5, 0.6) is 11.5 Å². The molecule has 2 aromatic rings. The van der Waals surface area contributed by atoms with E-state index in [1.165, 1.54) is 24.4 Å². The van der Waals surface area contributed by atoms with Gasteiger partial charge in [0.15, 0.2) is 12.4 Å². The van der Waals surface area contributed by atoms with E-state index in [0.29, 0.717) is 11.3 Å². The third-order valence-corrected chi connectivity index (χ3v) is 4.48. The second-order valence-electron chi connectivity index (χ2n) is 4.82. The van der Waals surface area contributed by atoms with Crippen molar-refractivity contribution in [1.29, 1.82) is 0 Å². The fraction of sp³-hybridized carbons (Fsp3) is 0.125. The van der Waals surface area contributed by atoms with Gasteiger partial charge in [0.25, 0.3) is 5.91 Å². The van der Waals surface area contributed by atoms with E-state index in [1.807, 2.05) is 12.1 Å². The number of hydrogen-bond acceptors (Lipinski definition) is 6. The van der Waals surface area contributed by atoms with Crippen molar-refractivity contribution in [3.63, 3.8) is 0 Å². The Bertz CT molecular complexity index is 858. The number of carbonyl (C=O) groups excluding carboxylic acids is 1. The minimum absolute atomic E-state index is 0.0189. The number of nitro groups is 1. The van der Waals surface area contributed by atoms with Gasteiger partial charge in [0.1, 0.15) is 5.75 Å². The average molecular weight is 581 g/mol. The Kier molecular flexibility index (Phi) is 7.56. The summed E-state index contributed by atoms with van der Waals surface area (Å²) in [5.41, 5.74) is 2.82. The summed E-state index contributed by atoms with van der Waals surface area (Å²) in [6.07, 6.45) is 1.46. The Balaban J connectivity index is 1.98. The van der Waals surface area contributed by atoms with Gasteiger partial charge in [-0.2, -0.15) is 5.10 Å². The topological polar surface area (TPSA) is 103 Å². The summed E-state index contributed by atoms with van der Waals surface area (Å²) in [5.74, 6) is 0.129. The van der Waals surface area contributed by atoms with E-state index in [4.69, 9.17) is 9.47 Å². The summed E-state index contributed by atoms with van der Waals surface area (Å²) < 4.78 is 12.4. The van der Waals surface area contributed by atoms with Gasteiger partial charge in [-0.1, -0.05) is 12.1 Å². The quantitative estimate of drug-likeness (QED) is 0.234. The van der Waals surface area contributed by atoms with Crippen LogP contribution < -0.4 is 14.9 Å². The van der Waals surface area contributed by atoms with E-state index in [9.17, 15) is 14.9 Å².